The van der Waals surface area contributed by atoms with E-state index in [2.05, 4.69) is 17.1 Å². The van der Waals surface area contributed by atoms with Crippen LogP contribution in [-0.4, -0.2) is 73.2 Å². The van der Waals surface area contributed by atoms with Crippen molar-refractivity contribution in [2.45, 2.75) is 19.8 Å². The summed E-state index contributed by atoms with van der Waals surface area (Å²) in [4.78, 5) is 16.9. The standard InChI is InChI=1S/C13H25N3O2/c1-2-13(3-4-14-11-13)12(18)16-7-5-15(6-8-16)9-10-17/h14,17H,2-11H2,1H3. The molecule has 2 aliphatic rings. The van der Waals surface area contributed by atoms with Gasteiger partial charge in [0.2, 0.25) is 5.91 Å². The van der Waals surface area contributed by atoms with Crippen molar-refractivity contribution >= 4 is 5.91 Å². The number of aliphatic hydroxyl groups excluding tert-OH is 1. The Balaban J connectivity index is 1.90. The molecule has 0 aromatic rings. The highest BCUT2D eigenvalue weighted by Crippen LogP contribution is 2.32. The highest BCUT2D eigenvalue weighted by Gasteiger charge is 2.42. The Morgan fingerprint density at radius 3 is 2.56 bits per heavy atom. The summed E-state index contributed by atoms with van der Waals surface area (Å²) in [6.07, 6.45) is 1.90. The van der Waals surface area contributed by atoms with Gasteiger partial charge in [0.25, 0.3) is 0 Å². The van der Waals surface area contributed by atoms with Gasteiger partial charge in [0, 0.05) is 39.3 Å². The van der Waals surface area contributed by atoms with Gasteiger partial charge in [0.1, 0.15) is 0 Å². The molecule has 5 heteroatoms. The van der Waals surface area contributed by atoms with Crippen molar-refractivity contribution in [2.75, 3.05) is 52.4 Å². The molecule has 0 radical (unpaired) electrons. The highest BCUT2D eigenvalue weighted by molar-refractivity contribution is 5.83. The van der Waals surface area contributed by atoms with Gasteiger partial charge in [-0.05, 0) is 19.4 Å². The van der Waals surface area contributed by atoms with Crippen LogP contribution < -0.4 is 5.32 Å². The van der Waals surface area contributed by atoms with E-state index < -0.39 is 0 Å². The average Bonchev–Trinajstić information content (AvgIpc) is 2.89. The minimum Gasteiger partial charge on any atom is -0.395 e. The molecule has 18 heavy (non-hydrogen) atoms. The number of β-amino-alcohol motifs (C(OH)–C–C–N with tert-alkyl or cyclic N) is 1. The number of amides is 1. The van der Waals surface area contributed by atoms with Gasteiger partial charge in [-0.25, -0.2) is 0 Å². The van der Waals surface area contributed by atoms with Gasteiger partial charge in [0.05, 0.1) is 12.0 Å². The maximum absolute atomic E-state index is 12.6. The minimum atomic E-state index is -0.154. The first-order valence-corrected chi connectivity index (χ1v) is 7.05. The number of rotatable bonds is 4. The van der Waals surface area contributed by atoms with E-state index in [-0.39, 0.29) is 12.0 Å². The van der Waals surface area contributed by atoms with E-state index >= 15 is 0 Å². The Kier molecular flexibility index (Phi) is 4.59. The summed E-state index contributed by atoms with van der Waals surface area (Å²) in [6.45, 7) is 8.23. The molecular formula is C13H25N3O2. The molecule has 2 heterocycles. The number of carbonyl (C=O) groups is 1. The fourth-order valence-electron chi connectivity index (χ4n) is 3.03. The zero-order valence-corrected chi connectivity index (χ0v) is 11.3. The molecule has 2 rings (SSSR count). The monoisotopic (exact) mass is 255 g/mol. The van der Waals surface area contributed by atoms with E-state index in [1.807, 2.05) is 4.90 Å². The topological polar surface area (TPSA) is 55.8 Å². The summed E-state index contributed by atoms with van der Waals surface area (Å²) in [5, 5.41) is 12.2. The normalized spacial score (nSPS) is 29.8. The second-order valence-corrected chi connectivity index (χ2v) is 5.42. The van der Waals surface area contributed by atoms with Gasteiger partial charge < -0.3 is 15.3 Å². The third-order valence-electron chi connectivity index (χ3n) is 4.45. The van der Waals surface area contributed by atoms with E-state index in [1.54, 1.807) is 0 Å². The third kappa shape index (κ3) is 2.68. The van der Waals surface area contributed by atoms with E-state index in [1.165, 1.54) is 0 Å². The fourth-order valence-corrected chi connectivity index (χ4v) is 3.03. The molecule has 1 unspecified atom stereocenters. The van der Waals surface area contributed by atoms with Crippen molar-refractivity contribution in [3.8, 4) is 0 Å². The van der Waals surface area contributed by atoms with Crippen molar-refractivity contribution in [2.24, 2.45) is 5.41 Å². The summed E-state index contributed by atoms with van der Waals surface area (Å²) < 4.78 is 0. The molecule has 0 saturated carbocycles. The maximum Gasteiger partial charge on any atom is 0.230 e. The molecule has 0 aromatic carbocycles. The predicted octanol–water partition coefficient (Wildman–Crippen LogP) is -0.487. The van der Waals surface area contributed by atoms with Gasteiger partial charge >= 0.3 is 0 Å². The van der Waals surface area contributed by atoms with Crippen molar-refractivity contribution in [1.29, 1.82) is 0 Å². The molecule has 0 spiro atoms. The van der Waals surface area contributed by atoms with E-state index in [0.29, 0.717) is 5.91 Å². The van der Waals surface area contributed by atoms with Crippen LogP contribution in [0.4, 0.5) is 0 Å². The lowest BCUT2D eigenvalue weighted by Gasteiger charge is -2.39. The van der Waals surface area contributed by atoms with E-state index in [9.17, 15) is 4.79 Å². The average molecular weight is 255 g/mol. The lowest BCUT2D eigenvalue weighted by molar-refractivity contribution is -0.143. The van der Waals surface area contributed by atoms with Gasteiger partial charge in [0.15, 0.2) is 0 Å². The van der Waals surface area contributed by atoms with Crippen LogP contribution >= 0.6 is 0 Å². The Hall–Kier alpha value is -0.650. The van der Waals surface area contributed by atoms with Crippen LogP contribution in [0.25, 0.3) is 0 Å². The molecule has 2 N–H and O–H groups in total. The Bertz CT molecular complexity index is 282. The molecule has 104 valence electrons. The number of hydrogen-bond acceptors (Lipinski definition) is 4. The van der Waals surface area contributed by atoms with Crippen molar-refractivity contribution in [3.63, 3.8) is 0 Å². The number of piperazine rings is 1. The first-order chi connectivity index (χ1) is 8.72. The minimum absolute atomic E-state index is 0.154. The molecule has 5 nitrogen and oxygen atoms in total. The van der Waals surface area contributed by atoms with Gasteiger partial charge in [-0.3, -0.25) is 9.69 Å². The first-order valence-electron chi connectivity index (χ1n) is 7.05. The number of nitrogens with zero attached hydrogens (tertiary/aromatic N) is 2. The quantitative estimate of drug-likeness (QED) is 0.712. The molecule has 1 amide bonds. The van der Waals surface area contributed by atoms with Crippen LogP contribution in [0.5, 0.6) is 0 Å². The SMILES string of the molecule is CCC1(C(=O)N2CCN(CCO)CC2)CCNC1. The van der Waals surface area contributed by atoms with Crippen molar-refractivity contribution < 1.29 is 9.90 Å². The van der Waals surface area contributed by atoms with Crippen LogP contribution in [0.2, 0.25) is 0 Å². The van der Waals surface area contributed by atoms with Crippen LogP contribution in [-0.2, 0) is 4.79 Å². The Labute approximate surface area is 109 Å². The van der Waals surface area contributed by atoms with Crippen LogP contribution in [0.1, 0.15) is 19.8 Å². The van der Waals surface area contributed by atoms with E-state index in [0.717, 1.165) is 58.7 Å². The number of hydrogen-bond donors (Lipinski definition) is 2. The summed E-state index contributed by atoms with van der Waals surface area (Å²) in [5.74, 6) is 0.332. The molecular weight excluding hydrogens is 230 g/mol. The highest BCUT2D eigenvalue weighted by atomic mass is 16.3. The smallest absolute Gasteiger partial charge is 0.230 e. The first kappa shape index (κ1) is 13.8. The lowest BCUT2D eigenvalue weighted by atomic mass is 9.82. The molecule has 1 atom stereocenters. The van der Waals surface area contributed by atoms with Crippen LogP contribution in [0.3, 0.4) is 0 Å². The second kappa shape index (κ2) is 5.99. The predicted molar refractivity (Wildman–Crippen MR) is 70.3 cm³/mol. The maximum atomic E-state index is 12.6. The van der Waals surface area contributed by atoms with Gasteiger partial charge in [-0.1, -0.05) is 6.92 Å². The van der Waals surface area contributed by atoms with Gasteiger partial charge in [-0.2, -0.15) is 0 Å². The largest absolute Gasteiger partial charge is 0.395 e. The van der Waals surface area contributed by atoms with Crippen LogP contribution in [0.15, 0.2) is 0 Å². The summed E-state index contributed by atoms with van der Waals surface area (Å²) in [6, 6.07) is 0. The molecule has 0 aliphatic carbocycles. The van der Waals surface area contributed by atoms with E-state index in [4.69, 9.17) is 5.11 Å². The summed E-state index contributed by atoms with van der Waals surface area (Å²) in [5.41, 5.74) is -0.154. The van der Waals surface area contributed by atoms with Crippen LogP contribution in [0, 0.1) is 5.41 Å². The Morgan fingerprint density at radius 2 is 2.06 bits per heavy atom. The summed E-state index contributed by atoms with van der Waals surface area (Å²) >= 11 is 0. The fraction of sp³-hybridized carbons (Fsp3) is 0.923. The zero-order valence-electron chi connectivity index (χ0n) is 11.3. The van der Waals surface area contributed by atoms with Crippen molar-refractivity contribution in [3.05, 3.63) is 0 Å². The number of carbonyl (C=O) groups excluding carboxylic acids is 1. The molecule has 2 saturated heterocycles. The molecule has 0 bridgehead atoms. The number of nitrogens with one attached hydrogen (secondary N) is 1. The summed E-state index contributed by atoms with van der Waals surface area (Å²) in [7, 11) is 0. The second-order valence-electron chi connectivity index (χ2n) is 5.42. The Morgan fingerprint density at radius 1 is 1.33 bits per heavy atom. The molecule has 2 fully saturated rings. The third-order valence-corrected chi connectivity index (χ3v) is 4.45. The molecule has 2 aliphatic heterocycles. The lowest BCUT2D eigenvalue weighted by Crippen LogP contribution is -2.54. The van der Waals surface area contributed by atoms with Crippen molar-refractivity contribution in [1.82, 2.24) is 15.1 Å². The molecule has 0 aromatic heterocycles. The zero-order chi connectivity index (χ0) is 13.0. The number of aliphatic hydroxyl groups is 1. The van der Waals surface area contributed by atoms with Gasteiger partial charge in [-0.15, -0.1) is 0 Å².